The number of aliphatic carboxylic acids is 1. The van der Waals surface area contributed by atoms with Crippen LogP contribution in [-0.4, -0.2) is 17.6 Å². The van der Waals surface area contributed by atoms with Crippen molar-refractivity contribution in [3.05, 3.63) is 0 Å². The second-order valence-corrected chi connectivity index (χ2v) is 4.12. The van der Waals surface area contributed by atoms with Gasteiger partial charge >= 0.3 is 5.97 Å². The highest BCUT2D eigenvalue weighted by molar-refractivity contribution is 5.67. The average Bonchev–Trinajstić information content (AvgIpc) is 2.32. The van der Waals surface area contributed by atoms with Crippen molar-refractivity contribution in [3.63, 3.8) is 0 Å². The number of hydrogen-bond donors (Lipinski definition) is 2. The zero-order chi connectivity index (χ0) is 9.19. The monoisotopic (exact) mass is 171 g/mol. The molecule has 1 saturated carbocycles. The smallest absolute Gasteiger partial charge is 0.303 e. The fourth-order valence-electron chi connectivity index (χ4n) is 2.23. The van der Waals surface area contributed by atoms with E-state index < -0.39 is 5.97 Å². The summed E-state index contributed by atoms with van der Waals surface area (Å²) in [6.07, 6.45) is 3.34. The van der Waals surface area contributed by atoms with Gasteiger partial charge in [0, 0.05) is 0 Å². The van der Waals surface area contributed by atoms with E-state index in [2.05, 4.69) is 6.92 Å². The fraction of sp³-hybridized carbons (Fsp3) is 0.889. The molecule has 0 aromatic heterocycles. The molecular formula is C9H17NO2. The Labute approximate surface area is 72.9 Å². The molecule has 0 unspecified atom stereocenters. The molecule has 3 N–H and O–H groups in total. The summed E-state index contributed by atoms with van der Waals surface area (Å²) in [5.74, 6) is -0.0672. The van der Waals surface area contributed by atoms with E-state index in [0.717, 1.165) is 19.3 Å². The van der Waals surface area contributed by atoms with Crippen molar-refractivity contribution in [1.82, 2.24) is 0 Å². The second kappa shape index (κ2) is 3.44. The number of carboxylic acids is 1. The summed E-state index contributed by atoms with van der Waals surface area (Å²) < 4.78 is 0. The maximum Gasteiger partial charge on any atom is 0.303 e. The van der Waals surface area contributed by atoms with E-state index in [1.54, 1.807) is 0 Å². The van der Waals surface area contributed by atoms with Gasteiger partial charge in [-0.25, -0.2) is 0 Å². The van der Waals surface area contributed by atoms with E-state index >= 15 is 0 Å². The van der Waals surface area contributed by atoms with Crippen LogP contribution >= 0.6 is 0 Å². The lowest BCUT2D eigenvalue weighted by atomic mass is 9.82. The first-order valence-electron chi connectivity index (χ1n) is 4.50. The molecule has 1 rings (SSSR count). The topological polar surface area (TPSA) is 63.3 Å². The predicted octanol–water partition coefficient (Wildman–Crippen LogP) is 1.23. The highest BCUT2D eigenvalue weighted by Gasteiger charge is 2.37. The van der Waals surface area contributed by atoms with E-state index in [0.29, 0.717) is 12.5 Å². The molecule has 1 fully saturated rings. The van der Waals surface area contributed by atoms with Gasteiger partial charge in [0.25, 0.3) is 0 Å². The Morgan fingerprint density at radius 3 is 2.75 bits per heavy atom. The molecule has 1 aliphatic rings. The van der Waals surface area contributed by atoms with Crippen molar-refractivity contribution in [1.29, 1.82) is 0 Å². The van der Waals surface area contributed by atoms with Gasteiger partial charge < -0.3 is 10.8 Å². The number of hydrogen-bond acceptors (Lipinski definition) is 2. The zero-order valence-corrected chi connectivity index (χ0v) is 7.55. The molecule has 0 heterocycles. The van der Waals surface area contributed by atoms with Crippen molar-refractivity contribution in [2.75, 3.05) is 6.54 Å². The summed E-state index contributed by atoms with van der Waals surface area (Å²) in [5.41, 5.74) is 5.52. The standard InChI is InChI=1S/C9H17NO2/c1-7-2-3-9(4-7,6-10)5-8(11)12/h7H,2-6,10H2,1H3,(H,11,12)/t7-,9+/m0/s1. The summed E-state index contributed by atoms with van der Waals surface area (Å²) in [6, 6.07) is 0. The van der Waals surface area contributed by atoms with Crippen LogP contribution in [0.2, 0.25) is 0 Å². The van der Waals surface area contributed by atoms with Crippen LogP contribution in [0.4, 0.5) is 0 Å². The minimum absolute atomic E-state index is 0.0920. The lowest BCUT2D eigenvalue weighted by Gasteiger charge is -2.25. The highest BCUT2D eigenvalue weighted by atomic mass is 16.4. The Morgan fingerprint density at radius 1 is 1.75 bits per heavy atom. The first-order chi connectivity index (χ1) is 5.58. The first kappa shape index (κ1) is 9.52. The average molecular weight is 171 g/mol. The largest absolute Gasteiger partial charge is 0.481 e. The Bertz CT molecular complexity index is 181. The lowest BCUT2D eigenvalue weighted by Crippen LogP contribution is -2.30. The van der Waals surface area contributed by atoms with Crippen LogP contribution in [0.5, 0.6) is 0 Å². The minimum atomic E-state index is -0.713. The molecule has 0 aliphatic heterocycles. The molecule has 0 saturated heterocycles. The summed E-state index contributed by atoms with van der Waals surface area (Å²) >= 11 is 0. The van der Waals surface area contributed by atoms with Crippen LogP contribution in [0, 0.1) is 11.3 Å². The SMILES string of the molecule is C[C@H]1CC[C@](CN)(CC(=O)O)C1. The third-order valence-corrected chi connectivity index (χ3v) is 2.91. The molecule has 3 nitrogen and oxygen atoms in total. The third-order valence-electron chi connectivity index (χ3n) is 2.91. The Morgan fingerprint density at radius 2 is 2.42 bits per heavy atom. The van der Waals surface area contributed by atoms with Crippen molar-refractivity contribution in [3.8, 4) is 0 Å². The minimum Gasteiger partial charge on any atom is -0.481 e. The molecule has 12 heavy (non-hydrogen) atoms. The van der Waals surface area contributed by atoms with Crippen LogP contribution in [0.25, 0.3) is 0 Å². The van der Waals surface area contributed by atoms with Gasteiger partial charge in [0.2, 0.25) is 0 Å². The second-order valence-electron chi connectivity index (χ2n) is 4.12. The van der Waals surface area contributed by atoms with E-state index in [1.807, 2.05) is 0 Å². The zero-order valence-electron chi connectivity index (χ0n) is 7.55. The predicted molar refractivity (Wildman–Crippen MR) is 46.8 cm³/mol. The van der Waals surface area contributed by atoms with Crippen LogP contribution in [0.3, 0.4) is 0 Å². The molecule has 0 bridgehead atoms. The Hall–Kier alpha value is -0.570. The molecule has 0 aromatic rings. The summed E-state index contributed by atoms with van der Waals surface area (Å²) in [7, 11) is 0. The summed E-state index contributed by atoms with van der Waals surface area (Å²) in [4.78, 5) is 10.6. The molecule has 70 valence electrons. The number of nitrogens with two attached hydrogens (primary N) is 1. The number of carboxylic acid groups (broad SMARTS) is 1. The number of rotatable bonds is 3. The first-order valence-corrected chi connectivity index (χ1v) is 4.50. The van der Waals surface area contributed by atoms with E-state index in [9.17, 15) is 4.79 Å². The molecular weight excluding hydrogens is 154 g/mol. The molecule has 3 heteroatoms. The van der Waals surface area contributed by atoms with Gasteiger partial charge in [-0.15, -0.1) is 0 Å². The van der Waals surface area contributed by atoms with Crippen molar-refractivity contribution in [2.24, 2.45) is 17.1 Å². The molecule has 0 amide bonds. The van der Waals surface area contributed by atoms with Crippen molar-refractivity contribution >= 4 is 5.97 Å². The maximum absolute atomic E-state index is 10.6. The molecule has 1 aliphatic carbocycles. The van der Waals surface area contributed by atoms with Gasteiger partial charge in [0.15, 0.2) is 0 Å². The quantitative estimate of drug-likeness (QED) is 0.671. The fourth-order valence-corrected chi connectivity index (χ4v) is 2.23. The maximum atomic E-state index is 10.6. The van der Waals surface area contributed by atoms with Gasteiger partial charge in [-0.05, 0) is 30.7 Å². The van der Waals surface area contributed by atoms with Gasteiger partial charge in [-0.3, -0.25) is 4.79 Å². The molecule has 0 radical (unpaired) electrons. The van der Waals surface area contributed by atoms with E-state index in [1.165, 1.54) is 0 Å². The Kier molecular flexibility index (Phi) is 2.73. The van der Waals surface area contributed by atoms with Crippen molar-refractivity contribution in [2.45, 2.75) is 32.6 Å². The van der Waals surface area contributed by atoms with Gasteiger partial charge in [-0.1, -0.05) is 13.3 Å². The lowest BCUT2D eigenvalue weighted by molar-refractivity contribution is -0.139. The van der Waals surface area contributed by atoms with Crippen LogP contribution < -0.4 is 5.73 Å². The third kappa shape index (κ3) is 1.97. The van der Waals surface area contributed by atoms with Crippen LogP contribution in [0.1, 0.15) is 32.6 Å². The van der Waals surface area contributed by atoms with E-state index in [-0.39, 0.29) is 11.8 Å². The molecule has 2 atom stereocenters. The van der Waals surface area contributed by atoms with E-state index in [4.69, 9.17) is 10.8 Å². The van der Waals surface area contributed by atoms with Crippen LogP contribution in [-0.2, 0) is 4.79 Å². The Balaban J connectivity index is 2.58. The van der Waals surface area contributed by atoms with Crippen LogP contribution in [0.15, 0.2) is 0 Å². The van der Waals surface area contributed by atoms with Gasteiger partial charge in [0.1, 0.15) is 0 Å². The van der Waals surface area contributed by atoms with Gasteiger partial charge in [0.05, 0.1) is 6.42 Å². The summed E-state index contributed by atoms with van der Waals surface area (Å²) in [5, 5.41) is 8.70. The summed E-state index contributed by atoms with van der Waals surface area (Å²) in [6.45, 7) is 2.68. The normalized spacial score (nSPS) is 35.3. The van der Waals surface area contributed by atoms with Gasteiger partial charge in [-0.2, -0.15) is 0 Å². The highest BCUT2D eigenvalue weighted by Crippen LogP contribution is 2.43. The molecule has 0 spiro atoms. The van der Waals surface area contributed by atoms with Crippen molar-refractivity contribution < 1.29 is 9.90 Å². The molecule has 0 aromatic carbocycles. The number of carbonyl (C=O) groups is 1.